The van der Waals surface area contributed by atoms with Crippen LogP contribution in [0.3, 0.4) is 0 Å². The molecular weight excluding hydrogens is 166 g/mol. The molecule has 0 aromatic heterocycles. The minimum absolute atomic E-state index is 0.151. The summed E-state index contributed by atoms with van der Waals surface area (Å²) in [4.78, 5) is 10.9. The Morgan fingerprint density at radius 1 is 1.54 bits per heavy atom. The molecule has 3 atom stereocenters. The van der Waals surface area contributed by atoms with Crippen LogP contribution in [-0.2, 0) is 9.53 Å². The summed E-state index contributed by atoms with van der Waals surface area (Å²) in [6.45, 7) is 0.379. The van der Waals surface area contributed by atoms with Gasteiger partial charge in [0.05, 0.1) is 13.7 Å². The zero-order chi connectivity index (χ0) is 9.26. The molecule has 2 rings (SSSR count). The van der Waals surface area contributed by atoms with E-state index in [4.69, 9.17) is 0 Å². The first-order chi connectivity index (χ1) is 6.31. The molecule has 2 aliphatic carbocycles. The molecule has 2 aliphatic rings. The Morgan fingerprint density at radius 3 is 3.08 bits per heavy atom. The summed E-state index contributed by atoms with van der Waals surface area (Å²) in [5.74, 6) is 1.65. The Balaban J connectivity index is 1.69. The highest BCUT2D eigenvalue weighted by Crippen LogP contribution is 2.46. The highest BCUT2D eigenvalue weighted by molar-refractivity contribution is 5.71. The van der Waals surface area contributed by atoms with Crippen LogP contribution >= 0.6 is 0 Å². The van der Waals surface area contributed by atoms with Crippen molar-refractivity contribution in [1.29, 1.82) is 0 Å². The van der Waals surface area contributed by atoms with E-state index in [0.717, 1.165) is 11.8 Å². The molecule has 0 saturated heterocycles. The first kappa shape index (κ1) is 9.00. The van der Waals surface area contributed by atoms with E-state index < -0.39 is 0 Å². The van der Waals surface area contributed by atoms with Crippen LogP contribution in [0.25, 0.3) is 0 Å². The van der Waals surface area contributed by atoms with Crippen molar-refractivity contribution in [1.82, 2.24) is 5.32 Å². The topological polar surface area (TPSA) is 38.3 Å². The lowest BCUT2D eigenvalue weighted by molar-refractivity contribution is -0.140. The lowest BCUT2D eigenvalue weighted by atomic mass is 9.71. The summed E-state index contributed by atoms with van der Waals surface area (Å²) in [6, 6.07) is 0.589. The smallest absolute Gasteiger partial charge is 0.319 e. The lowest BCUT2D eigenvalue weighted by Crippen LogP contribution is -2.49. The monoisotopic (exact) mass is 183 g/mol. The molecule has 0 amide bonds. The molecule has 0 bridgehead atoms. The molecular formula is C10H17NO2. The van der Waals surface area contributed by atoms with Crippen LogP contribution in [0.5, 0.6) is 0 Å². The van der Waals surface area contributed by atoms with Gasteiger partial charge in [-0.15, -0.1) is 0 Å². The predicted octanol–water partition coefficient (Wildman–Crippen LogP) is 0.938. The van der Waals surface area contributed by atoms with Gasteiger partial charge in [0.2, 0.25) is 0 Å². The number of esters is 1. The average molecular weight is 183 g/mol. The van der Waals surface area contributed by atoms with Crippen LogP contribution in [0.4, 0.5) is 0 Å². The standard InChI is InChI=1S/C10H17NO2/c1-13-10(12)6-11-9-5-7-3-2-4-8(7)9/h7-9,11H,2-6H2,1H3/t7-,8-,9?/m0/s1. The Kier molecular flexibility index (Phi) is 2.54. The SMILES string of the molecule is COC(=O)CNC1C[C@@H]2CCC[C@H]12. The molecule has 3 nitrogen and oxygen atoms in total. The third-order valence-electron chi connectivity index (χ3n) is 3.53. The highest BCUT2D eigenvalue weighted by atomic mass is 16.5. The van der Waals surface area contributed by atoms with E-state index in [9.17, 15) is 4.79 Å². The number of hydrogen-bond acceptors (Lipinski definition) is 3. The maximum atomic E-state index is 10.9. The minimum atomic E-state index is -0.151. The van der Waals surface area contributed by atoms with Gasteiger partial charge in [-0.05, 0) is 24.7 Å². The number of rotatable bonds is 3. The molecule has 74 valence electrons. The average Bonchev–Trinajstić information content (AvgIpc) is 2.47. The minimum Gasteiger partial charge on any atom is -0.468 e. The zero-order valence-corrected chi connectivity index (χ0v) is 8.08. The molecule has 0 radical (unpaired) electrons. The van der Waals surface area contributed by atoms with Crippen molar-refractivity contribution < 1.29 is 9.53 Å². The number of carbonyl (C=O) groups is 1. The van der Waals surface area contributed by atoms with Gasteiger partial charge in [0.25, 0.3) is 0 Å². The number of ether oxygens (including phenoxy) is 1. The van der Waals surface area contributed by atoms with Crippen molar-refractivity contribution in [3.8, 4) is 0 Å². The molecule has 2 saturated carbocycles. The summed E-state index contributed by atoms with van der Waals surface area (Å²) in [5, 5.41) is 3.27. The normalized spacial score (nSPS) is 36.5. The number of carbonyl (C=O) groups excluding carboxylic acids is 1. The van der Waals surface area contributed by atoms with Gasteiger partial charge in [0.1, 0.15) is 0 Å². The zero-order valence-electron chi connectivity index (χ0n) is 8.08. The second-order valence-corrected chi connectivity index (χ2v) is 4.15. The molecule has 0 aromatic carbocycles. The van der Waals surface area contributed by atoms with Crippen molar-refractivity contribution in [2.24, 2.45) is 11.8 Å². The lowest BCUT2D eigenvalue weighted by Gasteiger charge is -2.40. The molecule has 2 fully saturated rings. The Hall–Kier alpha value is -0.570. The van der Waals surface area contributed by atoms with Crippen LogP contribution in [0.1, 0.15) is 25.7 Å². The van der Waals surface area contributed by atoms with Gasteiger partial charge in [0, 0.05) is 6.04 Å². The van der Waals surface area contributed by atoms with Crippen LogP contribution in [0.15, 0.2) is 0 Å². The maximum absolute atomic E-state index is 10.9. The predicted molar refractivity (Wildman–Crippen MR) is 49.3 cm³/mol. The van der Waals surface area contributed by atoms with Crippen molar-refractivity contribution in [3.63, 3.8) is 0 Å². The Bertz CT molecular complexity index is 205. The molecule has 0 aliphatic heterocycles. The molecule has 1 N–H and O–H groups in total. The number of hydrogen-bond donors (Lipinski definition) is 1. The largest absolute Gasteiger partial charge is 0.468 e. The van der Waals surface area contributed by atoms with Crippen molar-refractivity contribution >= 4 is 5.97 Å². The van der Waals surface area contributed by atoms with E-state index in [0.29, 0.717) is 12.6 Å². The van der Waals surface area contributed by atoms with Gasteiger partial charge in [-0.3, -0.25) is 4.79 Å². The summed E-state index contributed by atoms with van der Waals surface area (Å²) >= 11 is 0. The van der Waals surface area contributed by atoms with Gasteiger partial charge >= 0.3 is 5.97 Å². The van der Waals surface area contributed by atoms with E-state index in [1.807, 2.05) is 0 Å². The molecule has 0 heterocycles. The molecule has 3 heteroatoms. The molecule has 13 heavy (non-hydrogen) atoms. The van der Waals surface area contributed by atoms with Crippen LogP contribution in [0.2, 0.25) is 0 Å². The number of nitrogens with one attached hydrogen (secondary N) is 1. The fourth-order valence-corrected chi connectivity index (χ4v) is 2.71. The first-order valence-corrected chi connectivity index (χ1v) is 5.11. The van der Waals surface area contributed by atoms with E-state index in [1.165, 1.54) is 32.8 Å². The van der Waals surface area contributed by atoms with Gasteiger partial charge in [-0.25, -0.2) is 0 Å². The molecule has 0 spiro atoms. The Labute approximate surface area is 78.8 Å². The van der Waals surface area contributed by atoms with Gasteiger partial charge in [-0.2, -0.15) is 0 Å². The Morgan fingerprint density at radius 2 is 2.38 bits per heavy atom. The van der Waals surface area contributed by atoms with Crippen molar-refractivity contribution in [2.45, 2.75) is 31.7 Å². The van der Waals surface area contributed by atoms with Gasteiger partial charge < -0.3 is 10.1 Å². The fraction of sp³-hybridized carbons (Fsp3) is 0.900. The van der Waals surface area contributed by atoms with Crippen molar-refractivity contribution in [2.75, 3.05) is 13.7 Å². The summed E-state index contributed by atoms with van der Waals surface area (Å²) in [5.41, 5.74) is 0. The van der Waals surface area contributed by atoms with Crippen molar-refractivity contribution in [3.05, 3.63) is 0 Å². The third-order valence-corrected chi connectivity index (χ3v) is 3.53. The van der Waals surface area contributed by atoms with Crippen LogP contribution in [-0.4, -0.2) is 25.7 Å². The van der Waals surface area contributed by atoms with Gasteiger partial charge in [0.15, 0.2) is 0 Å². The van der Waals surface area contributed by atoms with E-state index >= 15 is 0 Å². The molecule has 0 aromatic rings. The van der Waals surface area contributed by atoms with E-state index in [1.54, 1.807) is 0 Å². The first-order valence-electron chi connectivity index (χ1n) is 5.11. The summed E-state index contributed by atoms with van der Waals surface area (Å²) in [7, 11) is 1.43. The number of fused-ring (bicyclic) bond motifs is 1. The fourth-order valence-electron chi connectivity index (χ4n) is 2.71. The van der Waals surface area contributed by atoms with Gasteiger partial charge in [-0.1, -0.05) is 12.8 Å². The summed E-state index contributed by atoms with van der Waals surface area (Å²) in [6.07, 6.45) is 5.40. The maximum Gasteiger partial charge on any atom is 0.319 e. The van der Waals surface area contributed by atoms with E-state index in [-0.39, 0.29) is 5.97 Å². The third kappa shape index (κ3) is 1.70. The summed E-state index contributed by atoms with van der Waals surface area (Å²) < 4.78 is 4.58. The molecule has 1 unspecified atom stereocenters. The van der Waals surface area contributed by atoms with Crippen LogP contribution < -0.4 is 5.32 Å². The second kappa shape index (κ2) is 3.66. The quantitative estimate of drug-likeness (QED) is 0.662. The number of methoxy groups -OCH3 is 1. The van der Waals surface area contributed by atoms with Crippen LogP contribution in [0, 0.1) is 11.8 Å². The second-order valence-electron chi connectivity index (χ2n) is 4.15. The highest BCUT2D eigenvalue weighted by Gasteiger charge is 2.43. The van der Waals surface area contributed by atoms with E-state index in [2.05, 4.69) is 10.1 Å².